The second-order valence-electron chi connectivity index (χ2n) is 6.84. The van der Waals surface area contributed by atoms with Crippen LogP contribution in [0.25, 0.3) is 11.3 Å². The topological polar surface area (TPSA) is 61.6 Å². The maximum atomic E-state index is 12.3. The first-order valence-corrected chi connectivity index (χ1v) is 8.77. The summed E-state index contributed by atoms with van der Waals surface area (Å²) in [5, 5.41) is 6.87. The summed E-state index contributed by atoms with van der Waals surface area (Å²) in [5.41, 5.74) is 2.42. The summed E-state index contributed by atoms with van der Waals surface area (Å²) in [5.74, 6) is 0.417. The van der Waals surface area contributed by atoms with Crippen LogP contribution >= 0.6 is 0 Å². The van der Waals surface area contributed by atoms with Crippen LogP contribution in [0.1, 0.15) is 23.0 Å². The summed E-state index contributed by atoms with van der Waals surface area (Å²) in [6, 6.07) is 9.95. The summed E-state index contributed by atoms with van der Waals surface area (Å²) in [4.78, 5) is 17.0. The molecule has 0 radical (unpaired) electrons. The van der Waals surface area contributed by atoms with Crippen molar-refractivity contribution in [2.24, 2.45) is 0 Å². The van der Waals surface area contributed by atoms with Gasteiger partial charge in [-0.3, -0.25) is 9.69 Å². The number of amides is 1. The molecule has 0 unspecified atom stereocenters. The Labute approximate surface area is 148 Å². The highest BCUT2D eigenvalue weighted by molar-refractivity contribution is 5.93. The van der Waals surface area contributed by atoms with Gasteiger partial charge in [0.1, 0.15) is 0 Å². The first-order valence-electron chi connectivity index (χ1n) is 8.77. The third-order valence-electron chi connectivity index (χ3n) is 4.80. The Bertz CT molecular complexity index is 702. The zero-order chi connectivity index (χ0) is 17.8. The molecule has 6 nitrogen and oxygen atoms in total. The van der Waals surface area contributed by atoms with Gasteiger partial charge in [-0.25, -0.2) is 0 Å². The Hall–Kier alpha value is -2.18. The first kappa shape index (κ1) is 17.6. The van der Waals surface area contributed by atoms with Crippen molar-refractivity contribution in [1.29, 1.82) is 0 Å². The van der Waals surface area contributed by atoms with E-state index < -0.39 is 0 Å². The number of carbonyl (C=O) groups is 1. The predicted molar refractivity (Wildman–Crippen MR) is 97.5 cm³/mol. The molecule has 0 spiro atoms. The van der Waals surface area contributed by atoms with E-state index in [-0.39, 0.29) is 5.91 Å². The van der Waals surface area contributed by atoms with Crippen LogP contribution in [0.3, 0.4) is 0 Å². The van der Waals surface area contributed by atoms with Gasteiger partial charge in [-0.15, -0.1) is 0 Å². The maximum Gasteiger partial charge on any atom is 0.273 e. The number of aryl methyl sites for hydroxylation is 1. The fourth-order valence-corrected chi connectivity index (χ4v) is 2.96. The lowest BCUT2D eigenvalue weighted by Crippen LogP contribution is -2.51. The van der Waals surface area contributed by atoms with Crippen molar-refractivity contribution in [3.63, 3.8) is 0 Å². The third-order valence-corrected chi connectivity index (χ3v) is 4.80. The number of carbonyl (C=O) groups excluding carboxylic acids is 1. The summed E-state index contributed by atoms with van der Waals surface area (Å²) in [6.45, 7) is 9.00. The summed E-state index contributed by atoms with van der Waals surface area (Å²) >= 11 is 0. The summed E-state index contributed by atoms with van der Waals surface area (Å²) < 4.78 is 5.32. The molecule has 1 N–H and O–H groups in total. The van der Waals surface area contributed by atoms with Crippen molar-refractivity contribution in [3.05, 3.63) is 41.6 Å². The molecule has 1 amide bonds. The van der Waals surface area contributed by atoms with Gasteiger partial charge in [0.2, 0.25) is 0 Å². The van der Waals surface area contributed by atoms with Crippen molar-refractivity contribution in [2.75, 3.05) is 39.8 Å². The monoisotopic (exact) mass is 342 g/mol. The van der Waals surface area contributed by atoms with E-state index in [9.17, 15) is 4.79 Å². The summed E-state index contributed by atoms with van der Waals surface area (Å²) in [6.07, 6.45) is 0. The third kappa shape index (κ3) is 4.46. The highest BCUT2D eigenvalue weighted by Gasteiger charge is 2.20. The van der Waals surface area contributed by atoms with Crippen molar-refractivity contribution in [2.45, 2.75) is 19.9 Å². The molecule has 1 aromatic heterocycles. The predicted octanol–water partition coefficient (Wildman–Crippen LogP) is 2.02. The molecule has 2 heterocycles. The number of benzene rings is 1. The lowest BCUT2D eigenvalue weighted by atomic mass is 10.1. The Kier molecular flexibility index (Phi) is 5.50. The lowest BCUT2D eigenvalue weighted by Gasteiger charge is -2.36. The van der Waals surface area contributed by atoms with Crippen LogP contribution in [0.15, 0.2) is 34.9 Å². The highest BCUT2D eigenvalue weighted by Crippen LogP contribution is 2.20. The average Bonchev–Trinajstić information content (AvgIpc) is 3.11. The van der Waals surface area contributed by atoms with Gasteiger partial charge in [0.25, 0.3) is 5.91 Å². The molecule has 0 bridgehead atoms. The molecule has 6 heteroatoms. The van der Waals surface area contributed by atoms with Gasteiger partial charge >= 0.3 is 0 Å². The maximum absolute atomic E-state index is 12.3. The van der Waals surface area contributed by atoms with E-state index in [0.29, 0.717) is 24.0 Å². The Morgan fingerprint density at radius 1 is 1.24 bits per heavy atom. The van der Waals surface area contributed by atoms with E-state index in [4.69, 9.17) is 4.52 Å². The van der Waals surface area contributed by atoms with Crippen molar-refractivity contribution < 1.29 is 9.32 Å². The number of hydrogen-bond donors (Lipinski definition) is 1. The van der Waals surface area contributed by atoms with E-state index in [2.05, 4.69) is 34.2 Å². The normalized spacial score (nSPS) is 17.4. The number of hydrogen-bond acceptors (Lipinski definition) is 5. The first-order chi connectivity index (χ1) is 12.0. The molecule has 1 aromatic carbocycles. The molecule has 2 aromatic rings. The minimum Gasteiger partial charge on any atom is -0.355 e. The largest absolute Gasteiger partial charge is 0.355 e. The molecular formula is C19H26N4O2. The Morgan fingerprint density at radius 3 is 2.60 bits per heavy atom. The smallest absolute Gasteiger partial charge is 0.273 e. The van der Waals surface area contributed by atoms with E-state index in [1.807, 2.05) is 31.2 Å². The van der Waals surface area contributed by atoms with Gasteiger partial charge in [0.05, 0.1) is 0 Å². The van der Waals surface area contributed by atoms with Gasteiger partial charge < -0.3 is 14.7 Å². The van der Waals surface area contributed by atoms with Crippen LogP contribution in [0.5, 0.6) is 0 Å². The number of likely N-dealkylation sites (N-methyl/N-ethyl adjacent to an activating group) is 1. The molecule has 134 valence electrons. The van der Waals surface area contributed by atoms with Crippen LogP contribution < -0.4 is 5.32 Å². The van der Waals surface area contributed by atoms with Crippen LogP contribution in [0, 0.1) is 6.92 Å². The summed E-state index contributed by atoms with van der Waals surface area (Å²) in [7, 11) is 2.14. The van der Waals surface area contributed by atoms with E-state index in [1.54, 1.807) is 6.07 Å². The minimum atomic E-state index is -0.192. The van der Waals surface area contributed by atoms with E-state index in [0.717, 1.165) is 31.7 Å². The zero-order valence-corrected chi connectivity index (χ0v) is 15.2. The molecule has 1 saturated heterocycles. The molecular weight excluding hydrogens is 316 g/mol. The van der Waals surface area contributed by atoms with Gasteiger partial charge in [-0.1, -0.05) is 35.0 Å². The van der Waals surface area contributed by atoms with Crippen LogP contribution in [0.4, 0.5) is 0 Å². The van der Waals surface area contributed by atoms with Crippen molar-refractivity contribution in [3.8, 4) is 11.3 Å². The van der Waals surface area contributed by atoms with E-state index in [1.165, 1.54) is 5.56 Å². The second-order valence-corrected chi connectivity index (χ2v) is 6.84. The molecule has 1 aliphatic rings. The van der Waals surface area contributed by atoms with Gasteiger partial charge in [0.15, 0.2) is 11.5 Å². The number of piperazine rings is 1. The Balaban J connectivity index is 1.54. The molecule has 1 aliphatic heterocycles. The highest BCUT2D eigenvalue weighted by atomic mass is 16.5. The zero-order valence-electron chi connectivity index (χ0n) is 15.2. The second kappa shape index (κ2) is 7.80. The van der Waals surface area contributed by atoms with Gasteiger partial charge in [0, 0.05) is 50.4 Å². The number of aromatic nitrogens is 1. The van der Waals surface area contributed by atoms with Crippen molar-refractivity contribution >= 4 is 5.91 Å². The van der Waals surface area contributed by atoms with Crippen LogP contribution in [0.2, 0.25) is 0 Å². The van der Waals surface area contributed by atoms with Gasteiger partial charge in [-0.2, -0.15) is 0 Å². The number of nitrogens with zero attached hydrogens (tertiary/aromatic N) is 3. The molecule has 25 heavy (non-hydrogen) atoms. The standard InChI is InChI=1S/C19H26N4O2/c1-14-4-6-16(7-5-14)18-12-17(21-25-18)19(24)20-13-15(2)23-10-8-22(3)9-11-23/h4-7,12,15H,8-11,13H2,1-3H3,(H,20,24)/t15-/m0/s1. The fourth-order valence-electron chi connectivity index (χ4n) is 2.96. The Morgan fingerprint density at radius 2 is 1.92 bits per heavy atom. The molecule has 1 atom stereocenters. The molecule has 0 aliphatic carbocycles. The number of nitrogens with one attached hydrogen (secondary N) is 1. The quantitative estimate of drug-likeness (QED) is 0.901. The average molecular weight is 342 g/mol. The molecule has 1 fully saturated rings. The van der Waals surface area contributed by atoms with E-state index >= 15 is 0 Å². The number of rotatable bonds is 5. The molecule has 0 saturated carbocycles. The van der Waals surface area contributed by atoms with Crippen molar-refractivity contribution in [1.82, 2.24) is 20.3 Å². The van der Waals surface area contributed by atoms with Gasteiger partial charge in [-0.05, 0) is 20.9 Å². The fraction of sp³-hybridized carbons (Fsp3) is 0.474. The van der Waals surface area contributed by atoms with Crippen LogP contribution in [-0.2, 0) is 0 Å². The van der Waals surface area contributed by atoms with Crippen LogP contribution in [-0.4, -0.2) is 66.7 Å². The SMILES string of the molecule is Cc1ccc(-c2cc(C(=O)NC[C@H](C)N3CCN(C)CC3)no2)cc1. The molecule has 3 rings (SSSR count). The lowest BCUT2D eigenvalue weighted by molar-refractivity contribution is 0.0895. The minimum absolute atomic E-state index is 0.192.